The Morgan fingerprint density at radius 3 is 2.48 bits per heavy atom. The number of nitrogens with one attached hydrogen (secondary N) is 2. The second kappa shape index (κ2) is 8.00. The molecule has 2 N–H and O–H groups in total. The highest BCUT2D eigenvalue weighted by atomic mass is 19.2. The lowest BCUT2D eigenvalue weighted by Crippen LogP contribution is -2.59. The molecule has 1 fully saturated rings. The van der Waals surface area contributed by atoms with Crippen LogP contribution >= 0.6 is 0 Å². The Labute approximate surface area is 156 Å². The van der Waals surface area contributed by atoms with Crippen molar-refractivity contribution in [2.45, 2.75) is 26.3 Å². The van der Waals surface area contributed by atoms with Gasteiger partial charge in [-0.05, 0) is 42.8 Å². The van der Waals surface area contributed by atoms with Gasteiger partial charge in [0, 0.05) is 19.1 Å². The van der Waals surface area contributed by atoms with Gasteiger partial charge in [-0.25, -0.2) is 13.2 Å². The summed E-state index contributed by atoms with van der Waals surface area (Å²) in [6.45, 7) is 5.63. The maximum Gasteiger partial charge on any atom is 0.256 e. The van der Waals surface area contributed by atoms with Crippen molar-refractivity contribution >= 4 is 17.3 Å². The van der Waals surface area contributed by atoms with E-state index in [1.807, 2.05) is 13.8 Å². The van der Waals surface area contributed by atoms with Crippen LogP contribution in [0, 0.1) is 17.5 Å². The molecule has 2 aromatic rings. The number of hydrogen-bond acceptors (Lipinski definition) is 3. The normalized spacial score (nSPS) is 14.2. The predicted molar refractivity (Wildman–Crippen MR) is 98.8 cm³/mol. The van der Waals surface area contributed by atoms with E-state index in [1.54, 1.807) is 11.0 Å². The standard InChI is InChI=1S/C20H22F3N3O/c1-3-12-5-8-17(16(22)9-12)25-19-14(6-7-15(21)18(19)23)20(27)26-10-13(11-26)24-4-2/h5-9,13,24-25H,3-4,10-11H2,1-2H3. The second-order valence-corrected chi connectivity index (χ2v) is 6.54. The maximum absolute atomic E-state index is 14.4. The van der Waals surface area contributed by atoms with Crippen molar-refractivity contribution in [3.05, 3.63) is 58.9 Å². The van der Waals surface area contributed by atoms with Gasteiger partial charge >= 0.3 is 0 Å². The number of nitrogens with zero attached hydrogens (tertiary/aromatic N) is 1. The summed E-state index contributed by atoms with van der Waals surface area (Å²) in [5, 5.41) is 5.79. The van der Waals surface area contributed by atoms with E-state index >= 15 is 0 Å². The summed E-state index contributed by atoms with van der Waals surface area (Å²) in [6, 6.07) is 6.81. The molecule has 7 heteroatoms. The molecule has 1 amide bonds. The maximum atomic E-state index is 14.4. The highest BCUT2D eigenvalue weighted by Gasteiger charge is 2.32. The van der Waals surface area contributed by atoms with Crippen molar-refractivity contribution in [2.75, 3.05) is 25.0 Å². The Hall–Kier alpha value is -2.54. The quantitative estimate of drug-likeness (QED) is 0.804. The van der Waals surface area contributed by atoms with E-state index in [2.05, 4.69) is 10.6 Å². The molecule has 3 rings (SSSR count). The van der Waals surface area contributed by atoms with E-state index in [9.17, 15) is 18.0 Å². The van der Waals surface area contributed by atoms with Gasteiger partial charge in [-0.15, -0.1) is 0 Å². The van der Waals surface area contributed by atoms with Crippen molar-refractivity contribution in [1.29, 1.82) is 0 Å². The number of aryl methyl sites for hydroxylation is 1. The van der Waals surface area contributed by atoms with Crippen molar-refractivity contribution in [3.63, 3.8) is 0 Å². The summed E-state index contributed by atoms with van der Waals surface area (Å²) >= 11 is 0. The highest BCUT2D eigenvalue weighted by molar-refractivity contribution is 6.01. The third-order valence-corrected chi connectivity index (χ3v) is 4.69. The highest BCUT2D eigenvalue weighted by Crippen LogP contribution is 2.30. The van der Waals surface area contributed by atoms with Gasteiger partial charge in [0.1, 0.15) is 5.82 Å². The van der Waals surface area contributed by atoms with Crippen LogP contribution in [0.15, 0.2) is 30.3 Å². The van der Waals surface area contributed by atoms with Gasteiger partial charge in [-0.1, -0.05) is 19.9 Å². The fourth-order valence-corrected chi connectivity index (χ4v) is 3.10. The van der Waals surface area contributed by atoms with Crippen LogP contribution in [0.1, 0.15) is 29.8 Å². The first kappa shape index (κ1) is 19.2. The van der Waals surface area contributed by atoms with Crippen LogP contribution in [-0.4, -0.2) is 36.5 Å². The van der Waals surface area contributed by atoms with Crippen LogP contribution in [0.5, 0.6) is 0 Å². The van der Waals surface area contributed by atoms with E-state index in [4.69, 9.17) is 0 Å². The molecule has 0 radical (unpaired) electrons. The molecule has 0 bridgehead atoms. The molecular formula is C20H22F3N3O. The molecule has 144 valence electrons. The first-order chi connectivity index (χ1) is 12.9. The van der Waals surface area contributed by atoms with Crippen LogP contribution < -0.4 is 10.6 Å². The van der Waals surface area contributed by atoms with Crippen molar-refractivity contribution in [1.82, 2.24) is 10.2 Å². The minimum Gasteiger partial charge on any atom is -0.350 e. The number of carbonyl (C=O) groups is 1. The molecule has 1 aliphatic rings. The van der Waals surface area contributed by atoms with Crippen LogP contribution in [-0.2, 0) is 6.42 Å². The summed E-state index contributed by atoms with van der Waals surface area (Å²) in [7, 11) is 0. The summed E-state index contributed by atoms with van der Waals surface area (Å²) in [5.41, 5.74) is 0.391. The monoisotopic (exact) mass is 377 g/mol. The molecule has 0 saturated carbocycles. The molecule has 1 aliphatic heterocycles. The average Bonchev–Trinajstić information content (AvgIpc) is 2.62. The fourth-order valence-electron chi connectivity index (χ4n) is 3.10. The third-order valence-electron chi connectivity index (χ3n) is 4.69. The van der Waals surface area contributed by atoms with E-state index in [1.165, 1.54) is 18.2 Å². The lowest BCUT2D eigenvalue weighted by Gasteiger charge is -2.40. The fraction of sp³-hybridized carbons (Fsp3) is 0.350. The number of hydrogen-bond donors (Lipinski definition) is 2. The summed E-state index contributed by atoms with van der Waals surface area (Å²) in [5.74, 6) is -3.32. The second-order valence-electron chi connectivity index (χ2n) is 6.54. The lowest BCUT2D eigenvalue weighted by molar-refractivity contribution is 0.0570. The first-order valence-electron chi connectivity index (χ1n) is 9.00. The Bertz CT molecular complexity index is 851. The number of likely N-dealkylation sites (tertiary alicyclic amines) is 1. The number of likely N-dealkylation sites (N-methyl/N-ethyl adjacent to an activating group) is 1. The van der Waals surface area contributed by atoms with Gasteiger partial charge in [0.25, 0.3) is 5.91 Å². The molecular weight excluding hydrogens is 355 g/mol. The molecule has 0 aromatic heterocycles. The van der Waals surface area contributed by atoms with Crippen LogP contribution in [0.25, 0.3) is 0 Å². The number of rotatable bonds is 6. The molecule has 27 heavy (non-hydrogen) atoms. The lowest BCUT2D eigenvalue weighted by atomic mass is 10.0. The van der Waals surface area contributed by atoms with Gasteiger partial charge in [-0.3, -0.25) is 4.79 Å². The minimum absolute atomic E-state index is 0.0140. The zero-order valence-electron chi connectivity index (χ0n) is 15.3. The van der Waals surface area contributed by atoms with Crippen molar-refractivity contribution in [3.8, 4) is 0 Å². The molecule has 2 aromatic carbocycles. The molecule has 4 nitrogen and oxygen atoms in total. The Balaban J connectivity index is 1.88. The van der Waals surface area contributed by atoms with Crippen LogP contribution in [0.3, 0.4) is 0 Å². The van der Waals surface area contributed by atoms with Crippen molar-refractivity contribution in [2.24, 2.45) is 0 Å². The van der Waals surface area contributed by atoms with E-state index < -0.39 is 23.4 Å². The third kappa shape index (κ3) is 3.93. The average molecular weight is 377 g/mol. The largest absolute Gasteiger partial charge is 0.350 e. The molecule has 0 atom stereocenters. The smallest absolute Gasteiger partial charge is 0.256 e. The predicted octanol–water partition coefficient (Wildman–Crippen LogP) is 3.84. The van der Waals surface area contributed by atoms with Gasteiger partial charge < -0.3 is 15.5 Å². The Morgan fingerprint density at radius 2 is 1.85 bits per heavy atom. The number of halogens is 3. The Kier molecular flexibility index (Phi) is 5.70. The summed E-state index contributed by atoms with van der Waals surface area (Å²) in [4.78, 5) is 14.3. The van der Waals surface area contributed by atoms with E-state index in [-0.39, 0.29) is 23.0 Å². The van der Waals surface area contributed by atoms with Gasteiger partial charge in [0.05, 0.1) is 16.9 Å². The van der Waals surface area contributed by atoms with Gasteiger partial charge in [0.2, 0.25) is 0 Å². The number of benzene rings is 2. The van der Waals surface area contributed by atoms with Crippen molar-refractivity contribution < 1.29 is 18.0 Å². The number of carbonyl (C=O) groups excluding carboxylic acids is 1. The zero-order valence-corrected chi connectivity index (χ0v) is 15.3. The van der Waals surface area contributed by atoms with Crippen LogP contribution in [0.2, 0.25) is 0 Å². The SMILES string of the molecule is CCNC1CN(C(=O)c2ccc(F)c(F)c2Nc2ccc(CC)cc2F)C1. The molecule has 0 unspecified atom stereocenters. The summed E-state index contributed by atoms with van der Waals surface area (Å²) in [6.07, 6.45) is 0.650. The minimum atomic E-state index is -1.21. The van der Waals surface area contributed by atoms with E-state index in [0.717, 1.165) is 18.2 Å². The van der Waals surface area contributed by atoms with E-state index in [0.29, 0.717) is 19.5 Å². The van der Waals surface area contributed by atoms with Crippen LogP contribution in [0.4, 0.5) is 24.5 Å². The molecule has 0 spiro atoms. The number of anilines is 2. The number of amides is 1. The summed E-state index contributed by atoms with van der Waals surface area (Å²) < 4.78 is 42.5. The molecule has 1 heterocycles. The Morgan fingerprint density at radius 1 is 1.11 bits per heavy atom. The van der Waals surface area contributed by atoms with Gasteiger partial charge in [0.15, 0.2) is 11.6 Å². The topological polar surface area (TPSA) is 44.4 Å². The first-order valence-corrected chi connectivity index (χ1v) is 9.00. The molecule has 0 aliphatic carbocycles. The van der Waals surface area contributed by atoms with Gasteiger partial charge in [-0.2, -0.15) is 0 Å². The zero-order chi connectivity index (χ0) is 19.6. The molecule has 1 saturated heterocycles.